The molecule has 0 saturated heterocycles. The van der Waals surface area contributed by atoms with Crippen molar-refractivity contribution < 1.29 is 9.59 Å². The van der Waals surface area contributed by atoms with Crippen LogP contribution in [0.1, 0.15) is 26.5 Å². The molecule has 0 radical (unpaired) electrons. The van der Waals surface area contributed by atoms with Gasteiger partial charge in [-0.15, -0.1) is 11.3 Å². The van der Waals surface area contributed by atoms with Crippen LogP contribution in [0.25, 0.3) is 0 Å². The SMILES string of the molecule is O=C(CC(=O)c1cncs1)c1ccncc1. The van der Waals surface area contributed by atoms with E-state index in [-0.39, 0.29) is 18.0 Å². The van der Waals surface area contributed by atoms with E-state index in [2.05, 4.69) is 9.97 Å². The molecule has 0 aliphatic heterocycles. The summed E-state index contributed by atoms with van der Waals surface area (Å²) in [5.41, 5.74) is 2.08. The fourth-order valence-electron chi connectivity index (χ4n) is 1.23. The molecule has 2 aromatic rings. The third-order valence-corrected chi connectivity index (χ3v) is 2.84. The zero-order chi connectivity index (χ0) is 11.4. The molecular formula is C11H8N2O2S. The van der Waals surface area contributed by atoms with Crippen LogP contribution in [0.3, 0.4) is 0 Å². The lowest BCUT2D eigenvalue weighted by atomic mass is 10.1. The van der Waals surface area contributed by atoms with Gasteiger partial charge in [0.25, 0.3) is 0 Å². The Labute approximate surface area is 96.0 Å². The molecule has 0 saturated carbocycles. The third-order valence-electron chi connectivity index (χ3n) is 2.03. The Hall–Kier alpha value is -1.88. The van der Waals surface area contributed by atoms with E-state index >= 15 is 0 Å². The second kappa shape index (κ2) is 4.76. The Kier molecular flexibility index (Phi) is 3.16. The molecule has 0 amide bonds. The fourth-order valence-corrected chi connectivity index (χ4v) is 1.79. The van der Waals surface area contributed by atoms with E-state index in [1.54, 1.807) is 17.6 Å². The van der Waals surface area contributed by atoms with Gasteiger partial charge in [-0.05, 0) is 12.1 Å². The fraction of sp³-hybridized carbons (Fsp3) is 0.0909. The molecule has 2 aromatic heterocycles. The molecular weight excluding hydrogens is 224 g/mol. The molecule has 0 N–H and O–H groups in total. The Balaban J connectivity index is 2.06. The predicted molar refractivity (Wildman–Crippen MR) is 59.6 cm³/mol. The second-order valence-corrected chi connectivity index (χ2v) is 4.01. The highest BCUT2D eigenvalue weighted by Gasteiger charge is 2.14. The maximum atomic E-state index is 11.7. The standard InChI is InChI=1S/C11H8N2O2S/c14-9(8-1-3-12-4-2-8)5-10(15)11-6-13-7-16-11/h1-4,6-7H,5H2. The Bertz CT molecular complexity index is 494. The number of hydrogen-bond acceptors (Lipinski definition) is 5. The molecule has 0 spiro atoms. The summed E-state index contributed by atoms with van der Waals surface area (Å²) in [6.45, 7) is 0. The van der Waals surface area contributed by atoms with Crippen molar-refractivity contribution in [3.8, 4) is 0 Å². The van der Waals surface area contributed by atoms with Gasteiger partial charge in [-0.25, -0.2) is 0 Å². The van der Waals surface area contributed by atoms with E-state index in [0.717, 1.165) is 0 Å². The van der Waals surface area contributed by atoms with Crippen LogP contribution in [0.15, 0.2) is 36.2 Å². The van der Waals surface area contributed by atoms with Gasteiger partial charge in [-0.2, -0.15) is 0 Å². The van der Waals surface area contributed by atoms with Gasteiger partial charge in [-0.1, -0.05) is 0 Å². The van der Waals surface area contributed by atoms with Crippen LogP contribution in [0.5, 0.6) is 0 Å². The average Bonchev–Trinajstić information content (AvgIpc) is 2.83. The first-order chi connectivity index (χ1) is 7.77. The van der Waals surface area contributed by atoms with Gasteiger partial charge >= 0.3 is 0 Å². The summed E-state index contributed by atoms with van der Waals surface area (Å²) in [5.74, 6) is -0.384. The maximum absolute atomic E-state index is 11.7. The molecule has 16 heavy (non-hydrogen) atoms. The molecule has 2 heterocycles. The highest BCUT2D eigenvalue weighted by atomic mass is 32.1. The summed E-state index contributed by atoms with van der Waals surface area (Å²) in [5, 5.41) is 0. The van der Waals surface area contributed by atoms with E-state index < -0.39 is 0 Å². The van der Waals surface area contributed by atoms with Crippen LogP contribution in [0, 0.1) is 0 Å². The summed E-state index contributed by atoms with van der Waals surface area (Å²) in [7, 11) is 0. The Morgan fingerprint density at radius 2 is 1.88 bits per heavy atom. The summed E-state index contributed by atoms with van der Waals surface area (Å²) in [6, 6.07) is 3.20. The van der Waals surface area contributed by atoms with Crippen LogP contribution in [-0.2, 0) is 0 Å². The first-order valence-electron chi connectivity index (χ1n) is 4.62. The number of pyridine rings is 1. The Morgan fingerprint density at radius 1 is 1.12 bits per heavy atom. The molecule has 2 rings (SSSR count). The van der Waals surface area contributed by atoms with E-state index in [1.807, 2.05) is 0 Å². The normalized spacial score (nSPS) is 10.0. The van der Waals surface area contributed by atoms with Gasteiger partial charge in [-0.3, -0.25) is 19.6 Å². The van der Waals surface area contributed by atoms with Crippen LogP contribution in [-0.4, -0.2) is 21.5 Å². The minimum absolute atomic E-state index is 0.119. The number of thiazole rings is 1. The van der Waals surface area contributed by atoms with Gasteiger partial charge in [0.15, 0.2) is 11.6 Å². The van der Waals surface area contributed by atoms with Crippen molar-refractivity contribution in [2.24, 2.45) is 0 Å². The molecule has 0 bridgehead atoms. The summed E-state index contributed by atoms with van der Waals surface area (Å²) < 4.78 is 0. The minimum atomic E-state index is -0.194. The second-order valence-electron chi connectivity index (χ2n) is 3.12. The third kappa shape index (κ3) is 2.38. The van der Waals surface area contributed by atoms with E-state index in [0.29, 0.717) is 10.4 Å². The van der Waals surface area contributed by atoms with Crippen molar-refractivity contribution >= 4 is 22.9 Å². The van der Waals surface area contributed by atoms with Gasteiger partial charge in [0.2, 0.25) is 0 Å². The number of carbonyl (C=O) groups is 2. The maximum Gasteiger partial charge on any atom is 0.182 e. The van der Waals surface area contributed by atoms with Crippen molar-refractivity contribution in [3.63, 3.8) is 0 Å². The minimum Gasteiger partial charge on any atom is -0.294 e. The zero-order valence-corrected chi connectivity index (χ0v) is 9.11. The molecule has 5 heteroatoms. The largest absolute Gasteiger partial charge is 0.294 e. The zero-order valence-electron chi connectivity index (χ0n) is 8.29. The summed E-state index contributed by atoms with van der Waals surface area (Å²) in [6.07, 6.45) is 4.42. The first-order valence-corrected chi connectivity index (χ1v) is 5.50. The van der Waals surface area contributed by atoms with Gasteiger partial charge in [0.05, 0.1) is 16.8 Å². The van der Waals surface area contributed by atoms with Crippen LogP contribution >= 0.6 is 11.3 Å². The number of aromatic nitrogens is 2. The summed E-state index contributed by atoms with van der Waals surface area (Å²) >= 11 is 1.24. The highest BCUT2D eigenvalue weighted by molar-refractivity contribution is 7.11. The average molecular weight is 232 g/mol. The van der Waals surface area contributed by atoms with E-state index in [1.165, 1.54) is 29.9 Å². The number of ketones is 2. The molecule has 0 fully saturated rings. The van der Waals surface area contributed by atoms with Crippen molar-refractivity contribution in [3.05, 3.63) is 46.7 Å². The predicted octanol–water partition coefficient (Wildman–Crippen LogP) is 1.99. The quantitative estimate of drug-likeness (QED) is 0.597. The first kappa shape index (κ1) is 10.6. The highest BCUT2D eigenvalue weighted by Crippen LogP contribution is 2.11. The lowest BCUT2D eigenvalue weighted by Crippen LogP contribution is -2.07. The van der Waals surface area contributed by atoms with Gasteiger partial charge in [0, 0.05) is 24.2 Å². The topological polar surface area (TPSA) is 59.9 Å². The molecule has 0 atom stereocenters. The number of rotatable bonds is 4. The van der Waals surface area contributed by atoms with E-state index in [9.17, 15) is 9.59 Å². The number of hydrogen-bond donors (Lipinski definition) is 0. The monoisotopic (exact) mass is 232 g/mol. The lowest BCUT2D eigenvalue weighted by molar-refractivity contribution is 0.0896. The van der Waals surface area contributed by atoms with Crippen molar-refractivity contribution in [1.29, 1.82) is 0 Å². The van der Waals surface area contributed by atoms with E-state index in [4.69, 9.17) is 0 Å². The molecule has 80 valence electrons. The van der Waals surface area contributed by atoms with Crippen LogP contribution in [0.2, 0.25) is 0 Å². The number of nitrogens with zero attached hydrogens (tertiary/aromatic N) is 2. The van der Waals surface area contributed by atoms with Crippen molar-refractivity contribution in [2.75, 3.05) is 0 Å². The smallest absolute Gasteiger partial charge is 0.182 e. The van der Waals surface area contributed by atoms with Crippen LogP contribution in [0.4, 0.5) is 0 Å². The Morgan fingerprint density at radius 3 is 2.50 bits per heavy atom. The lowest BCUT2D eigenvalue weighted by Gasteiger charge is -1.97. The molecule has 0 aromatic carbocycles. The van der Waals surface area contributed by atoms with Gasteiger partial charge < -0.3 is 0 Å². The molecule has 0 aliphatic rings. The number of Topliss-reactive ketones (excluding diaryl/α,β-unsaturated/α-hetero) is 2. The molecule has 0 unspecified atom stereocenters. The molecule has 0 aliphatic carbocycles. The van der Waals surface area contributed by atoms with Crippen molar-refractivity contribution in [1.82, 2.24) is 9.97 Å². The van der Waals surface area contributed by atoms with Crippen molar-refractivity contribution in [2.45, 2.75) is 6.42 Å². The summed E-state index contributed by atoms with van der Waals surface area (Å²) in [4.78, 5) is 31.4. The number of carbonyl (C=O) groups excluding carboxylic acids is 2. The van der Waals surface area contributed by atoms with Crippen LogP contribution < -0.4 is 0 Å². The van der Waals surface area contributed by atoms with Gasteiger partial charge in [0.1, 0.15) is 0 Å². The molecule has 4 nitrogen and oxygen atoms in total.